The first-order valence-electron chi connectivity index (χ1n) is 14.6. The van der Waals surface area contributed by atoms with E-state index in [-0.39, 0.29) is 5.41 Å². The molecule has 0 spiro atoms. The zero-order valence-electron chi connectivity index (χ0n) is 23.7. The summed E-state index contributed by atoms with van der Waals surface area (Å²) in [5, 5.41) is 0. The maximum Gasteiger partial charge on any atom is 0.0221 e. The van der Waals surface area contributed by atoms with Gasteiger partial charge in [-0.15, -0.1) is 0 Å². The molecule has 0 fully saturated rings. The lowest BCUT2D eigenvalue weighted by molar-refractivity contribution is 0.327. The summed E-state index contributed by atoms with van der Waals surface area (Å²) in [6, 6.07) is 16.2. The molecule has 0 saturated carbocycles. The molecular weight excluding hydrogens is 420 g/mol. The summed E-state index contributed by atoms with van der Waals surface area (Å²) in [6.45, 7) is 18.6. The Bertz CT molecular complexity index is 907. The van der Waals surface area contributed by atoms with E-state index >= 15 is 0 Å². The van der Waals surface area contributed by atoms with Crippen LogP contribution < -0.4 is 0 Å². The summed E-state index contributed by atoms with van der Waals surface area (Å²) in [4.78, 5) is 0. The van der Waals surface area contributed by atoms with Gasteiger partial charge in [0.15, 0.2) is 0 Å². The zero-order chi connectivity index (χ0) is 25.4. The van der Waals surface area contributed by atoms with Crippen LogP contribution in [0, 0.1) is 23.7 Å². The maximum atomic E-state index is 4.24. The Kier molecular flexibility index (Phi) is 10.3. The summed E-state index contributed by atoms with van der Waals surface area (Å²) >= 11 is 0. The van der Waals surface area contributed by atoms with Gasteiger partial charge in [0.2, 0.25) is 0 Å². The van der Waals surface area contributed by atoms with Gasteiger partial charge in [0, 0.05) is 5.41 Å². The molecular formula is C35H52. The molecule has 0 saturated heterocycles. The number of fused-ring (bicyclic) bond motifs is 3. The molecule has 0 radical (unpaired) electrons. The molecule has 2 atom stereocenters. The average Bonchev–Trinajstić information content (AvgIpc) is 3.11. The minimum atomic E-state index is 0.120. The molecule has 192 valence electrons. The fourth-order valence-corrected chi connectivity index (χ4v) is 6.44. The smallest absolute Gasteiger partial charge is 0.0221 e. The van der Waals surface area contributed by atoms with E-state index in [1.165, 1.54) is 80.9 Å². The summed E-state index contributed by atoms with van der Waals surface area (Å²) < 4.78 is 0. The minimum absolute atomic E-state index is 0.120. The largest absolute Gasteiger partial charge is 0.0985 e. The van der Waals surface area contributed by atoms with Gasteiger partial charge >= 0.3 is 0 Å². The standard InChI is InChI=1S/C35H52/c1-8-30-18-13-20-32-31-19-9-10-21-33(31)35(34(30)32,24-22-28(6)16-11-14-26(2)3)25-23-29(7)17-12-15-27(4)5/h8-10,13,18-21,26-29H,1,11-12,14-17,22-25H2,2-7H3. The fraction of sp³-hybridized carbons (Fsp3) is 0.600. The highest BCUT2D eigenvalue weighted by Gasteiger charge is 2.43. The van der Waals surface area contributed by atoms with E-state index in [2.05, 4.69) is 96.7 Å². The van der Waals surface area contributed by atoms with Crippen molar-refractivity contribution < 1.29 is 0 Å². The van der Waals surface area contributed by atoms with Gasteiger partial charge in [0.1, 0.15) is 0 Å². The Morgan fingerprint density at radius 3 is 1.74 bits per heavy atom. The van der Waals surface area contributed by atoms with Crippen LogP contribution in [0.2, 0.25) is 0 Å². The van der Waals surface area contributed by atoms with Crippen molar-refractivity contribution in [1.29, 1.82) is 0 Å². The Hall–Kier alpha value is -1.82. The molecule has 1 aliphatic rings. The topological polar surface area (TPSA) is 0 Å². The van der Waals surface area contributed by atoms with Crippen LogP contribution in [0.15, 0.2) is 49.0 Å². The first kappa shape index (κ1) is 27.8. The summed E-state index contributed by atoms with van der Waals surface area (Å²) in [6.07, 6.45) is 15.4. The average molecular weight is 473 g/mol. The van der Waals surface area contributed by atoms with Crippen LogP contribution >= 0.6 is 0 Å². The molecule has 1 aliphatic carbocycles. The molecule has 0 amide bonds. The molecule has 0 nitrogen and oxygen atoms in total. The lowest BCUT2D eigenvalue weighted by Gasteiger charge is -2.35. The van der Waals surface area contributed by atoms with Crippen molar-refractivity contribution in [2.75, 3.05) is 0 Å². The Balaban J connectivity index is 1.89. The normalized spacial score (nSPS) is 18.5. The van der Waals surface area contributed by atoms with E-state index in [0.717, 1.165) is 23.7 Å². The number of hydrogen-bond acceptors (Lipinski definition) is 0. The third kappa shape index (κ3) is 6.90. The molecule has 0 bridgehead atoms. The van der Waals surface area contributed by atoms with Crippen LogP contribution in [0.1, 0.15) is 122 Å². The predicted molar refractivity (Wildman–Crippen MR) is 157 cm³/mol. The molecule has 35 heavy (non-hydrogen) atoms. The van der Waals surface area contributed by atoms with E-state index < -0.39 is 0 Å². The molecule has 0 aliphatic heterocycles. The molecule has 2 unspecified atom stereocenters. The molecule has 0 N–H and O–H groups in total. The van der Waals surface area contributed by atoms with Crippen molar-refractivity contribution in [3.63, 3.8) is 0 Å². The van der Waals surface area contributed by atoms with E-state index in [9.17, 15) is 0 Å². The molecule has 2 aromatic carbocycles. The van der Waals surface area contributed by atoms with Crippen molar-refractivity contribution in [3.8, 4) is 11.1 Å². The van der Waals surface area contributed by atoms with Gasteiger partial charge in [0.05, 0.1) is 0 Å². The van der Waals surface area contributed by atoms with Crippen LogP contribution in [0.4, 0.5) is 0 Å². The van der Waals surface area contributed by atoms with Crippen LogP contribution in [0.5, 0.6) is 0 Å². The number of rotatable bonds is 15. The highest BCUT2D eigenvalue weighted by molar-refractivity contribution is 5.84. The van der Waals surface area contributed by atoms with Gasteiger partial charge < -0.3 is 0 Å². The van der Waals surface area contributed by atoms with Gasteiger partial charge in [-0.05, 0) is 77.2 Å². The lowest BCUT2D eigenvalue weighted by atomic mass is 9.68. The van der Waals surface area contributed by atoms with Crippen molar-refractivity contribution >= 4 is 6.08 Å². The first-order chi connectivity index (χ1) is 16.8. The summed E-state index contributed by atoms with van der Waals surface area (Å²) in [5.41, 5.74) is 7.53. The number of benzene rings is 2. The van der Waals surface area contributed by atoms with Gasteiger partial charge in [-0.25, -0.2) is 0 Å². The SMILES string of the molecule is C=Cc1cccc2c1C(CCC(C)CCCC(C)C)(CCC(C)CCCC(C)C)c1ccccc1-2. The molecule has 0 heterocycles. The number of hydrogen-bond donors (Lipinski definition) is 0. The fourth-order valence-electron chi connectivity index (χ4n) is 6.44. The van der Waals surface area contributed by atoms with Gasteiger partial charge in [-0.3, -0.25) is 0 Å². The maximum absolute atomic E-state index is 4.24. The van der Waals surface area contributed by atoms with Crippen molar-refractivity contribution in [2.45, 2.75) is 111 Å². The highest BCUT2D eigenvalue weighted by Crippen LogP contribution is 2.55. The van der Waals surface area contributed by atoms with Crippen molar-refractivity contribution in [2.24, 2.45) is 23.7 Å². The Labute approximate surface area is 217 Å². The van der Waals surface area contributed by atoms with E-state index in [0.29, 0.717) is 0 Å². The van der Waals surface area contributed by atoms with E-state index in [1.807, 2.05) is 0 Å². The van der Waals surface area contributed by atoms with Crippen LogP contribution in [0.3, 0.4) is 0 Å². The second kappa shape index (κ2) is 12.9. The molecule has 0 aromatic heterocycles. The van der Waals surface area contributed by atoms with Crippen molar-refractivity contribution in [3.05, 3.63) is 65.7 Å². The Morgan fingerprint density at radius 1 is 0.657 bits per heavy atom. The third-order valence-corrected chi connectivity index (χ3v) is 8.61. The summed E-state index contributed by atoms with van der Waals surface area (Å²) in [7, 11) is 0. The molecule has 0 heteroatoms. The van der Waals surface area contributed by atoms with Gasteiger partial charge in [0.25, 0.3) is 0 Å². The van der Waals surface area contributed by atoms with E-state index in [4.69, 9.17) is 0 Å². The molecule has 3 rings (SSSR count). The van der Waals surface area contributed by atoms with Crippen LogP contribution in [-0.4, -0.2) is 0 Å². The zero-order valence-corrected chi connectivity index (χ0v) is 23.7. The summed E-state index contributed by atoms with van der Waals surface area (Å²) in [5.74, 6) is 3.19. The van der Waals surface area contributed by atoms with Crippen LogP contribution in [0.25, 0.3) is 17.2 Å². The predicted octanol–water partition coefficient (Wildman–Crippen LogP) is 11.1. The van der Waals surface area contributed by atoms with Crippen LogP contribution in [-0.2, 0) is 5.41 Å². The minimum Gasteiger partial charge on any atom is -0.0985 e. The van der Waals surface area contributed by atoms with Crippen molar-refractivity contribution in [1.82, 2.24) is 0 Å². The quantitative estimate of drug-likeness (QED) is 0.242. The molecule has 2 aromatic rings. The second-order valence-corrected chi connectivity index (χ2v) is 12.5. The monoisotopic (exact) mass is 472 g/mol. The lowest BCUT2D eigenvalue weighted by Crippen LogP contribution is -2.28. The highest BCUT2D eigenvalue weighted by atomic mass is 14.5. The first-order valence-corrected chi connectivity index (χ1v) is 14.6. The van der Waals surface area contributed by atoms with E-state index in [1.54, 1.807) is 11.1 Å². The third-order valence-electron chi connectivity index (χ3n) is 8.61. The van der Waals surface area contributed by atoms with Gasteiger partial charge in [-0.2, -0.15) is 0 Å². The Morgan fingerprint density at radius 2 is 1.20 bits per heavy atom. The second-order valence-electron chi connectivity index (χ2n) is 12.5. The van der Waals surface area contributed by atoms with Gasteiger partial charge in [-0.1, -0.05) is 135 Å².